The van der Waals surface area contributed by atoms with Gasteiger partial charge in [-0.05, 0) is 17.7 Å². The van der Waals surface area contributed by atoms with Gasteiger partial charge in [0.25, 0.3) is 0 Å². The minimum absolute atomic E-state index is 0.0643. The predicted molar refractivity (Wildman–Crippen MR) is 75.3 cm³/mol. The number of halogens is 3. The first-order valence-corrected chi connectivity index (χ1v) is 6.38. The highest BCUT2D eigenvalue weighted by atomic mass is 35.5. The second-order valence-corrected chi connectivity index (χ2v) is 4.91. The van der Waals surface area contributed by atoms with Crippen LogP contribution in [0.5, 0.6) is 0 Å². The molecule has 0 aliphatic rings. The maximum atomic E-state index is 13.0. The number of anilines is 1. The summed E-state index contributed by atoms with van der Waals surface area (Å²) in [5.74, 6) is -0.326. The summed E-state index contributed by atoms with van der Waals surface area (Å²) in [4.78, 5) is 7.96. The lowest BCUT2D eigenvalue weighted by molar-refractivity contribution is 0.625. The van der Waals surface area contributed by atoms with E-state index in [4.69, 9.17) is 28.9 Å². The van der Waals surface area contributed by atoms with E-state index < -0.39 is 5.82 Å². The Kier molecular flexibility index (Phi) is 3.19. The van der Waals surface area contributed by atoms with Crippen LogP contribution in [0.2, 0.25) is 10.2 Å². The summed E-state index contributed by atoms with van der Waals surface area (Å²) in [5.41, 5.74) is 6.79. The summed E-state index contributed by atoms with van der Waals surface area (Å²) < 4.78 is 14.6. The molecule has 102 valence electrons. The van der Waals surface area contributed by atoms with E-state index in [1.807, 2.05) is 0 Å². The molecule has 20 heavy (non-hydrogen) atoms. The van der Waals surface area contributed by atoms with Crippen molar-refractivity contribution < 1.29 is 4.39 Å². The number of nitrogens with two attached hydrogens (primary N) is 1. The quantitative estimate of drug-likeness (QED) is 0.739. The van der Waals surface area contributed by atoms with E-state index in [2.05, 4.69) is 15.1 Å². The second-order valence-electron chi connectivity index (χ2n) is 4.15. The molecule has 0 spiro atoms. The molecule has 0 atom stereocenters. The monoisotopic (exact) mass is 311 g/mol. The molecule has 2 aromatic heterocycles. The normalized spacial score (nSPS) is 11.2. The summed E-state index contributed by atoms with van der Waals surface area (Å²) in [6.07, 6.45) is 1.55. The molecule has 8 heteroatoms. The molecule has 0 bridgehead atoms. The van der Waals surface area contributed by atoms with Gasteiger partial charge in [0.15, 0.2) is 5.65 Å². The fourth-order valence-electron chi connectivity index (χ4n) is 1.86. The Balaban J connectivity index is 2.07. The molecule has 0 aliphatic carbocycles. The zero-order valence-electron chi connectivity index (χ0n) is 10.0. The fraction of sp³-hybridized carbons (Fsp3) is 0.0833. The molecular formula is C12H8Cl2FN5. The molecule has 3 aromatic rings. The van der Waals surface area contributed by atoms with Crippen LogP contribution in [-0.2, 0) is 6.54 Å². The van der Waals surface area contributed by atoms with Gasteiger partial charge in [0.1, 0.15) is 11.0 Å². The molecule has 0 unspecified atom stereocenters. The Labute approximate surface area is 123 Å². The van der Waals surface area contributed by atoms with Gasteiger partial charge in [-0.2, -0.15) is 10.1 Å². The van der Waals surface area contributed by atoms with Gasteiger partial charge in [0, 0.05) is 5.02 Å². The fourth-order valence-corrected chi connectivity index (χ4v) is 2.31. The molecule has 0 saturated carbocycles. The Morgan fingerprint density at radius 2 is 2.05 bits per heavy atom. The molecule has 3 rings (SSSR count). The van der Waals surface area contributed by atoms with Gasteiger partial charge >= 0.3 is 0 Å². The highest BCUT2D eigenvalue weighted by molar-refractivity contribution is 6.34. The van der Waals surface area contributed by atoms with E-state index in [1.165, 1.54) is 12.1 Å². The van der Waals surface area contributed by atoms with Crippen molar-refractivity contribution in [3.8, 4) is 0 Å². The van der Waals surface area contributed by atoms with Crippen molar-refractivity contribution in [2.75, 3.05) is 5.73 Å². The zero-order valence-corrected chi connectivity index (χ0v) is 11.5. The van der Waals surface area contributed by atoms with E-state index in [0.29, 0.717) is 28.2 Å². The van der Waals surface area contributed by atoms with Crippen LogP contribution in [0.1, 0.15) is 5.56 Å². The van der Waals surface area contributed by atoms with Gasteiger partial charge in [-0.1, -0.05) is 29.3 Å². The molecule has 5 nitrogen and oxygen atoms in total. The third-order valence-electron chi connectivity index (χ3n) is 2.80. The van der Waals surface area contributed by atoms with Crippen LogP contribution >= 0.6 is 23.2 Å². The standard InChI is InChI=1S/C12H8Cl2FN5/c13-9-3-7(15)2-1-6(9)5-20-11-8(4-17-20)10(14)18-12(16)19-11/h1-4H,5H2,(H2,16,18,19). The second kappa shape index (κ2) is 4.88. The minimum Gasteiger partial charge on any atom is -0.368 e. The number of hydrogen-bond donors (Lipinski definition) is 1. The Morgan fingerprint density at radius 1 is 1.25 bits per heavy atom. The van der Waals surface area contributed by atoms with Crippen LogP contribution in [0, 0.1) is 5.82 Å². The number of hydrogen-bond acceptors (Lipinski definition) is 4. The highest BCUT2D eigenvalue weighted by Gasteiger charge is 2.12. The molecule has 1 aromatic carbocycles. The van der Waals surface area contributed by atoms with E-state index in [1.54, 1.807) is 16.9 Å². The number of rotatable bonds is 2. The smallest absolute Gasteiger partial charge is 0.223 e. The van der Waals surface area contributed by atoms with Crippen LogP contribution in [0.4, 0.5) is 10.3 Å². The van der Waals surface area contributed by atoms with Gasteiger partial charge in [-0.25, -0.2) is 14.1 Å². The SMILES string of the molecule is Nc1nc(Cl)c2cnn(Cc3ccc(F)cc3Cl)c2n1. The first kappa shape index (κ1) is 13.1. The average Bonchev–Trinajstić information content (AvgIpc) is 2.76. The molecule has 2 heterocycles. The lowest BCUT2D eigenvalue weighted by Gasteiger charge is -2.06. The van der Waals surface area contributed by atoms with Crippen LogP contribution in [0.3, 0.4) is 0 Å². The molecule has 0 amide bonds. The molecule has 0 saturated heterocycles. The Morgan fingerprint density at radius 3 is 2.80 bits per heavy atom. The number of nitrogen functional groups attached to an aromatic ring is 1. The van der Waals surface area contributed by atoms with Crippen molar-refractivity contribution in [2.45, 2.75) is 6.54 Å². The van der Waals surface area contributed by atoms with Crippen molar-refractivity contribution >= 4 is 40.2 Å². The number of fused-ring (bicyclic) bond motifs is 1. The van der Waals surface area contributed by atoms with E-state index >= 15 is 0 Å². The van der Waals surface area contributed by atoms with Gasteiger partial charge in [0.05, 0.1) is 18.1 Å². The summed E-state index contributed by atoms with van der Waals surface area (Å²) in [7, 11) is 0. The predicted octanol–water partition coefficient (Wildman–Crippen LogP) is 2.90. The lowest BCUT2D eigenvalue weighted by Crippen LogP contribution is -2.05. The topological polar surface area (TPSA) is 69.6 Å². The number of aromatic nitrogens is 4. The molecule has 0 aliphatic heterocycles. The van der Waals surface area contributed by atoms with Gasteiger partial charge < -0.3 is 5.73 Å². The van der Waals surface area contributed by atoms with Gasteiger partial charge in [-0.15, -0.1) is 0 Å². The highest BCUT2D eigenvalue weighted by Crippen LogP contribution is 2.23. The first-order chi connectivity index (χ1) is 9.54. The van der Waals surface area contributed by atoms with Crippen molar-refractivity contribution in [1.29, 1.82) is 0 Å². The summed E-state index contributed by atoms with van der Waals surface area (Å²) in [6.45, 7) is 0.329. The third kappa shape index (κ3) is 2.28. The van der Waals surface area contributed by atoms with E-state index in [9.17, 15) is 4.39 Å². The third-order valence-corrected chi connectivity index (χ3v) is 3.44. The van der Waals surface area contributed by atoms with Crippen LogP contribution in [-0.4, -0.2) is 19.7 Å². The van der Waals surface area contributed by atoms with Crippen molar-refractivity contribution in [2.24, 2.45) is 0 Å². The van der Waals surface area contributed by atoms with Crippen molar-refractivity contribution in [3.05, 3.63) is 46.0 Å². The van der Waals surface area contributed by atoms with Crippen molar-refractivity contribution in [3.63, 3.8) is 0 Å². The average molecular weight is 312 g/mol. The first-order valence-electron chi connectivity index (χ1n) is 5.63. The largest absolute Gasteiger partial charge is 0.368 e. The lowest BCUT2D eigenvalue weighted by atomic mass is 10.2. The number of benzene rings is 1. The molecular weight excluding hydrogens is 304 g/mol. The molecule has 0 radical (unpaired) electrons. The number of nitrogens with zero attached hydrogens (tertiary/aromatic N) is 4. The van der Waals surface area contributed by atoms with Crippen molar-refractivity contribution in [1.82, 2.24) is 19.7 Å². The Bertz CT molecular complexity index is 802. The van der Waals surface area contributed by atoms with E-state index in [0.717, 1.165) is 0 Å². The van der Waals surface area contributed by atoms with Gasteiger partial charge in [-0.3, -0.25) is 0 Å². The zero-order chi connectivity index (χ0) is 14.3. The maximum Gasteiger partial charge on any atom is 0.223 e. The van der Waals surface area contributed by atoms with Crippen LogP contribution in [0.25, 0.3) is 11.0 Å². The maximum absolute atomic E-state index is 13.0. The van der Waals surface area contributed by atoms with Crippen LogP contribution < -0.4 is 5.73 Å². The molecule has 2 N–H and O–H groups in total. The summed E-state index contributed by atoms with van der Waals surface area (Å²) in [5, 5.41) is 5.34. The summed E-state index contributed by atoms with van der Waals surface area (Å²) in [6, 6.07) is 4.18. The molecule has 0 fully saturated rings. The minimum atomic E-state index is -0.390. The van der Waals surface area contributed by atoms with Gasteiger partial charge in [0.2, 0.25) is 5.95 Å². The Hall–Kier alpha value is -1.92. The van der Waals surface area contributed by atoms with E-state index in [-0.39, 0.29) is 11.1 Å². The summed E-state index contributed by atoms with van der Waals surface area (Å²) >= 11 is 12.0. The van der Waals surface area contributed by atoms with Crippen LogP contribution in [0.15, 0.2) is 24.4 Å².